The number of anilines is 1. The van der Waals surface area contributed by atoms with Gasteiger partial charge in [0.1, 0.15) is 17.4 Å². The average Bonchev–Trinajstić information content (AvgIpc) is 2.84. The Morgan fingerprint density at radius 2 is 1.69 bits per heavy atom. The van der Waals surface area contributed by atoms with Gasteiger partial charge in [0.05, 0.1) is 16.8 Å². The van der Waals surface area contributed by atoms with Crippen molar-refractivity contribution in [1.82, 2.24) is 4.98 Å². The second-order valence-electron chi connectivity index (χ2n) is 6.82. The first-order valence-electron chi connectivity index (χ1n) is 9.78. The van der Waals surface area contributed by atoms with Crippen LogP contribution in [0.2, 0.25) is 0 Å². The molecule has 1 aromatic heterocycles. The number of hydrogen-bond acceptors (Lipinski definition) is 5. The number of nitriles is 1. The molecule has 4 aromatic rings. The molecule has 0 radical (unpaired) electrons. The summed E-state index contributed by atoms with van der Waals surface area (Å²) in [7, 11) is 0. The van der Waals surface area contributed by atoms with E-state index in [0.717, 1.165) is 10.9 Å². The van der Waals surface area contributed by atoms with Gasteiger partial charge in [-0.2, -0.15) is 5.26 Å². The minimum absolute atomic E-state index is 0.0556. The Bertz CT molecular complexity index is 1350. The first-order chi connectivity index (χ1) is 15.6. The number of carbonyl (C=O) groups is 2. The quantitative estimate of drug-likeness (QED) is 0.213. The highest BCUT2D eigenvalue weighted by Gasteiger charge is 2.12. The van der Waals surface area contributed by atoms with Crippen LogP contribution in [0.25, 0.3) is 17.0 Å². The Hall–Kier alpha value is -4.76. The molecular weight excluding hydrogens is 402 g/mol. The first kappa shape index (κ1) is 20.5. The van der Waals surface area contributed by atoms with Gasteiger partial charge in [-0.05, 0) is 60.2 Å². The van der Waals surface area contributed by atoms with Gasteiger partial charge in [-0.15, -0.1) is 0 Å². The maximum Gasteiger partial charge on any atom is 0.343 e. The second-order valence-corrected chi connectivity index (χ2v) is 6.82. The number of pyridine rings is 1. The molecule has 0 atom stereocenters. The Morgan fingerprint density at radius 3 is 2.44 bits per heavy atom. The van der Waals surface area contributed by atoms with E-state index >= 15 is 0 Å². The van der Waals surface area contributed by atoms with Crippen molar-refractivity contribution in [1.29, 1.82) is 5.26 Å². The van der Waals surface area contributed by atoms with Crippen molar-refractivity contribution < 1.29 is 14.3 Å². The van der Waals surface area contributed by atoms with Crippen LogP contribution in [0.5, 0.6) is 5.75 Å². The van der Waals surface area contributed by atoms with Gasteiger partial charge in [0.25, 0.3) is 5.91 Å². The monoisotopic (exact) mass is 419 g/mol. The van der Waals surface area contributed by atoms with Crippen LogP contribution >= 0.6 is 0 Å². The number of rotatable bonds is 5. The molecule has 4 rings (SSSR count). The fourth-order valence-corrected chi connectivity index (χ4v) is 3.09. The van der Waals surface area contributed by atoms with Crippen molar-refractivity contribution >= 4 is 34.5 Å². The molecule has 32 heavy (non-hydrogen) atoms. The minimum Gasteiger partial charge on any atom is -0.423 e. The molecule has 1 amide bonds. The molecule has 0 aliphatic carbocycles. The second kappa shape index (κ2) is 9.37. The van der Waals surface area contributed by atoms with Crippen molar-refractivity contribution in [3.05, 3.63) is 108 Å². The Balaban J connectivity index is 1.48. The van der Waals surface area contributed by atoms with E-state index in [9.17, 15) is 14.9 Å². The van der Waals surface area contributed by atoms with E-state index in [2.05, 4.69) is 10.3 Å². The predicted octanol–water partition coefficient (Wildman–Crippen LogP) is 5.00. The van der Waals surface area contributed by atoms with E-state index in [1.54, 1.807) is 72.9 Å². The fraction of sp³-hybridized carbons (Fsp3) is 0. The molecule has 154 valence electrons. The topological polar surface area (TPSA) is 92.1 Å². The van der Waals surface area contributed by atoms with Crippen molar-refractivity contribution in [2.45, 2.75) is 0 Å². The van der Waals surface area contributed by atoms with Crippen molar-refractivity contribution in [2.24, 2.45) is 0 Å². The summed E-state index contributed by atoms with van der Waals surface area (Å²) in [5, 5.41) is 13.0. The van der Waals surface area contributed by atoms with Gasteiger partial charge in [0.2, 0.25) is 0 Å². The predicted molar refractivity (Wildman–Crippen MR) is 122 cm³/mol. The molecule has 0 unspecified atom stereocenters. The van der Waals surface area contributed by atoms with Crippen LogP contribution in [0.1, 0.15) is 15.9 Å². The summed E-state index contributed by atoms with van der Waals surface area (Å²) in [5.74, 6) is -0.624. The third kappa shape index (κ3) is 4.69. The van der Waals surface area contributed by atoms with Gasteiger partial charge in [-0.1, -0.05) is 36.4 Å². The molecule has 6 nitrogen and oxygen atoms in total. The third-order valence-electron chi connectivity index (χ3n) is 4.67. The normalized spacial score (nSPS) is 10.9. The summed E-state index contributed by atoms with van der Waals surface area (Å²) in [6.07, 6.45) is 3.15. The zero-order valence-corrected chi connectivity index (χ0v) is 16.9. The van der Waals surface area contributed by atoms with Gasteiger partial charge < -0.3 is 10.1 Å². The molecular formula is C26H17N3O3. The highest BCUT2D eigenvalue weighted by molar-refractivity contribution is 6.12. The number of benzene rings is 3. The number of amides is 1. The van der Waals surface area contributed by atoms with Gasteiger partial charge in [0, 0.05) is 11.6 Å². The summed E-state index contributed by atoms with van der Waals surface area (Å²) >= 11 is 0. The van der Waals surface area contributed by atoms with E-state index < -0.39 is 11.9 Å². The van der Waals surface area contributed by atoms with E-state index in [4.69, 9.17) is 4.74 Å². The number of fused-ring (bicyclic) bond motifs is 1. The van der Waals surface area contributed by atoms with Gasteiger partial charge in [-0.25, -0.2) is 4.79 Å². The number of hydrogen-bond donors (Lipinski definition) is 1. The van der Waals surface area contributed by atoms with Crippen LogP contribution in [0.3, 0.4) is 0 Å². The Morgan fingerprint density at radius 1 is 0.906 bits per heavy atom. The van der Waals surface area contributed by atoms with Crippen LogP contribution in [-0.2, 0) is 4.79 Å². The maximum absolute atomic E-state index is 12.7. The van der Waals surface area contributed by atoms with Crippen LogP contribution in [0.4, 0.5) is 5.69 Å². The molecule has 0 bridgehead atoms. The van der Waals surface area contributed by atoms with E-state index in [0.29, 0.717) is 22.6 Å². The van der Waals surface area contributed by atoms with Crippen molar-refractivity contribution in [2.75, 3.05) is 5.32 Å². The van der Waals surface area contributed by atoms with Gasteiger partial charge in [-0.3, -0.25) is 9.78 Å². The van der Waals surface area contributed by atoms with Crippen LogP contribution < -0.4 is 10.1 Å². The summed E-state index contributed by atoms with van der Waals surface area (Å²) < 4.78 is 5.34. The lowest BCUT2D eigenvalue weighted by Gasteiger charge is -2.08. The lowest BCUT2D eigenvalue weighted by atomic mass is 10.1. The zero-order valence-electron chi connectivity index (χ0n) is 16.9. The number of nitrogens with one attached hydrogen (secondary N) is 1. The molecule has 6 heteroatoms. The standard InChI is InChI=1S/C26H17N3O3/c27-17-20(25(30)29-24-10-4-9-23-22(24)8-5-15-28-23)16-18-11-13-21(14-12-18)32-26(31)19-6-2-1-3-7-19/h1-16H,(H,29,30). The molecule has 0 spiro atoms. The average molecular weight is 419 g/mol. The first-order valence-corrected chi connectivity index (χ1v) is 9.78. The number of aromatic nitrogens is 1. The maximum atomic E-state index is 12.7. The molecule has 1 N–H and O–H groups in total. The highest BCUT2D eigenvalue weighted by Crippen LogP contribution is 2.22. The largest absolute Gasteiger partial charge is 0.423 e. The van der Waals surface area contributed by atoms with E-state index in [-0.39, 0.29) is 5.57 Å². The molecule has 1 heterocycles. The van der Waals surface area contributed by atoms with Gasteiger partial charge in [0.15, 0.2) is 0 Å². The molecule has 0 aliphatic rings. The van der Waals surface area contributed by atoms with Crippen LogP contribution in [0, 0.1) is 11.3 Å². The number of carbonyl (C=O) groups excluding carboxylic acids is 2. The summed E-state index contributed by atoms with van der Waals surface area (Å²) in [6, 6.07) is 26.2. The molecule has 0 saturated heterocycles. The highest BCUT2D eigenvalue weighted by atomic mass is 16.5. The fourth-order valence-electron chi connectivity index (χ4n) is 3.09. The van der Waals surface area contributed by atoms with Crippen molar-refractivity contribution in [3.63, 3.8) is 0 Å². The Labute approximate surface area is 184 Å². The molecule has 3 aromatic carbocycles. The number of nitrogens with zero attached hydrogens (tertiary/aromatic N) is 2. The third-order valence-corrected chi connectivity index (χ3v) is 4.67. The van der Waals surface area contributed by atoms with Crippen molar-refractivity contribution in [3.8, 4) is 11.8 Å². The van der Waals surface area contributed by atoms with Crippen LogP contribution in [-0.4, -0.2) is 16.9 Å². The van der Waals surface area contributed by atoms with Crippen LogP contribution in [0.15, 0.2) is 96.7 Å². The van der Waals surface area contributed by atoms with E-state index in [1.807, 2.05) is 24.3 Å². The SMILES string of the molecule is N#CC(=Cc1ccc(OC(=O)c2ccccc2)cc1)C(=O)Nc1cccc2ncccc12. The number of ether oxygens (including phenoxy) is 1. The minimum atomic E-state index is -0.525. The lowest BCUT2D eigenvalue weighted by Crippen LogP contribution is -2.13. The lowest BCUT2D eigenvalue weighted by molar-refractivity contribution is -0.112. The smallest absolute Gasteiger partial charge is 0.343 e. The summed E-state index contributed by atoms with van der Waals surface area (Å²) in [4.78, 5) is 29.1. The Kier molecular flexibility index (Phi) is 6.01. The molecule has 0 aliphatic heterocycles. The summed E-state index contributed by atoms with van der Waals surface area (Å²) in [6.45, 7) is 0. The molecule has 0 saturated carbocycles. The summed E-state index contributed by atoms with van der Waals surface area (Å²) in [5.41, 5.74) is 2.33. The number of esters is 1. The zero-order chi connectivity index (χ0) is 22.3. The van der Waals surface area contributed by atoms with E-state index in [1.165, 1.54) is 6.08 Å². The van der Waals surface area contributed by atoms with Gasteiger partial charge >= 0.3 is 5.97 Å². The molecule has 0 fully saturated rings.